The lowest BCUT2D eigenvalue weighted by Crippen LogP contribution is -2.20. The Hall–Kier alpha value is -1.46. The topological polar surface area (TPSA) is 116 Å². The molecule has 0 aliphatic carbocycles. The van der Waals surface area contributed by atoms with Crippen LogP contribution in [0.5, 0.6) is 0 Å². The maximum Gasteiger partial charge on any atom is 0.157 e. The van der Waals surface area contributed by atoms with Gasteiger partial charge in [0.1, 0.15) is 0 Å². The van der Waals surface area contributed by atoms with Gasteiger partial charge in [-0.25, -0.2) is 0 Å². The van der Waals surface area contributed by atoms with Crippen molar-refractivity contribution in [3.8, 4) is 0 Å². The SMILES string of the molecule is CCCCCCC(OCCN=[N+]=[N-])OCCN=[N+]=[N-]. The van der Waals surface area contributed by atoms with E-state index in [4.69, 9.17) is 20.5 Å². The van der Waals surface area contributed by atoms with Crippen LogP contribution in [-0.4, -0.2) is 32.6 Å². The Labute approximate surface area is 113 Å². The molecule has 0 aliphatic heterocycles. The van der Waals surface area contributed by atoms with Gasteiger partial charge in [0.25, 0.3) is 0 Å². The van der Waals surface area contributed by atoms with Crippen molar-refractivity contribution >= 4 is 0 Å². The Balaban J connectivity index is 3.84. The number of azide groups is 2. The third-order valence-corrected chi connectivity index (χ3v) is 2.41. The molecule has 0 atom stereocenters. The number of hydrogen-bond donors (Lipinski definition) is 0. The summed E-state index contributed by atoms with van der Waals surface area (Å²) in [6, 6.07) is 0. The van der Waals surface area contributed by atoms with Gasteiger partial charge in [-0.2, -0.15) is 0 Å². The highest BCUT2D eigenvalue weighted by Gasteiger charge is 2.08. The third kappa shape index (κ3) is 12.8. The van der Waals surface area contributed by atoms with Gasteiger partial charge in [-0.05, 0) is 23.9 Å². The first kappa shape index (κ1) is 17.5. The van der Waals surface area contributed by atoms with Crippen LogP contribution in [0.3, 0.4) is 0 Å². The predicted octanol–water partition coefficient (Wildman–Crippen LogP) is 3.94. The highest BCUT2D eigenvalue weighted by Crippen LogP contribution is 2.09. The van der Waals surface area contributed by atoms with Crippen LogP contribution in [0.4, 0.5) is 0 Å². The van der Waals surface area contributed by atoms with E-state index < -0.39 is 0 Å². The normalized spacial score (nSPS) is 11.4. The van der Waals surface area contributed by atoms with Gasteiger partial charge < -0.3 is 9.47 Å². The second-order valence-electron chi connectivity index (χ2n) is 3.93. The standard InChI is InChI=1S/C11H22N6O2/c1-2-3-4-5-6-11(18-9-7-14-16-12)19-10-8-15-17-13/h11H,2-10H2,1H3. The fraction of sp³-hybridized carbons (Fsp3) is 1.00. The monoisotopic (exact) mass is 270 g/mol. The summed E-state index contributed by atoms with van der Waals surface area (Å²) in [6.07, 6.45) is 5.03. The van der Waals surface area contributed by atoms with Gasteiger partial charge in [-0.15, -0.1) is 0 Å². The average Bonchev–Trinajstić information content (AvgIpc) is 2.43. The summed E-state index contributed by atoms with van der Waals surface area (Å²) in [6.45, 7) is 3.42. The van der Waals surface area contributed by atoms with Crippen molar-refractivity contribution in [3.05, 3.63) is 20.9 Å². The summed E-state index contributed by atoms with van der Waals surface area (Å²) in [5, 5.41) is 6.79. The van der Waals surface area contributed by atoms with Gasteiger partial charge in [0.05, 0.1) is 13.2 Å². The Morgan fingerprint density at radius 1 is 0.947 bits per heavy atom. The van der Waals surface area contributed by atoms with Crippen LogP contribution < -0.4 is 0 Å². The van der Waals surface area contributed by atoms with E-state index >= 15 is 0 Å². The van der Waals surface area contributed by atoms with Crippen LogP contribution in [0.25, 0.3) is 20.9 Å². The summed E-state index contributed by atoms with van der Waals surface area (Å²) >= 11 is 0. The van der Waals surface area contributed by atoms with E-state index in [-0.39, 0.29) is 6.29 Å². The minimum absolute atomic E-state index is 0.293. The molecule has 8 heteroatoms. The summed E-state index contributed by atoms with van der Waals surface area (Å²) in [5.41, 5.74) is 16.3. The highest BCUT2D eigenvalue weighted by atomic mass is 16.7. The van der Waals surface area contributed by atoms with Crippen LogP contribution in [0.1, 0.15) is 39.0 Å². The first-order valence-electron chi connectivity index (χ1n) is 6.60. The lowest BCUT2D eigenvalue weighted by atomic mass is 10.1. The van der Waals surface area contributed by atoms with E-state index in [1.807, 2.05) is 0 Å². The van der Waals surface area contributed by atoms with E-state index in [0.29, 0.717) is 26.3 Å². The minimum atomic E-state index is -0.320. The molecule has 0 N–H and O–H groups in total. The van der Waals surface area contributed by atoms with Crippen molar-refractivity contribution in [2.45, 2.75) is 45.3 Å². The maximum atomic E-state index is 8.16. The van der Waals surface area contributed by atoms with Gasteiger partial charge in [-0.1, -0.05) is 36.4 Å². The maximum absolute atomic E-state index is 8.16. The molecule has 108 valence electrons. The van der Waals surface area contributed by atoms with Gasteiger partial charge in [0.2, 0.25) is 0 Å². The molecule has 0 heterocycles. The van der Waals surface area contributed by atoms with Crippen molar-refractivity contribution < 1.29 is 9.47 Å². The summed E-state index contributed by atoms with van der Waals surface area (Å²) < 4.78 is 11.0. The number of unbranched alkanes of at least 4 members (excludes halogenated alkanes) is 3. The second kappa shape index (κ2) is 14.6. The van der Waals surface area contributed by atoms with Crippen molar-refractivity contribution in [1.29, 1.82) is 0 Å². The fourth-order valence-electron chi connectivity index (χ4n) is 1.49. The molecule has 0 aromatic heterocycles. The lowest BCUT2D eigenvalue weighted by molar-refractivity contribution is -0.142. The first-order chi connectivity index (χ1) is 9.35. The molecule has 19 heavy (non-hydrogen) atoms. The van der Waals surface area contributed by atoms with Crippen LogP contribution in [-0.2, 0) is 9.47 Å². The quantitative estimate of drug-likeness (QED) is 0.166. The fourth-order valence-corrected chi connectivity index (χ4v) is 1.49. The Bertz CT molecular complexity index is 276. The molecule has 0 saturated heterocycles. The lowest BCUT2D eigenvalue weighted by Gasteiger charge is -2.17. The molecular formula is C11H22N6O2. The van der Waals surface area contributed by atoms with Gasteiger partial charge >= 0.3 is 0 Å². The van der Waals surface area contributed by atoms with E-state index in [2.05, 4.69) is 27.0 Å². The van der Waals surface area contributed by atoms with Crippen LogP contribution in [0.2, 0.25) is 0 Å². The molecule has 0 saturated carbocycles. The van der Waals surface area contributed by atoms with Crippen LogP contribution >= 0.6 is 0 Å². The Kier molecular flexibility index (Phi) is 13.5. The van der Waals surface area contributed by atoms with Crippen LogP contribution in [0, 0.1) is 0 Å². The number of ether oxygens (including phenoxy) is 2. The molecule has 0 aromatic carbocycles. The summed E-state index contributed by atoms with van der Waals surface area (Å²) in [5.74, 6) is 0. The summed E-state index contributed by atoms with van der Waals surface area (Å²) in [4.78, 5) is 5.31. The van der Waals surface area contributed by atoms with Gasteiger partial charge in [-0.3, -0.25) is 0 Å². The largest absolute Gasteiger partial charge is 0.353 e. The molecular weight excluding hydrogens is 248 g/mol. The van der Waals surface area contributed by atoms with Crippen molar-refractivity contribution in [1.82, 2.24) is 0 Å². The number of hydrogen-bond acceptors (Lipinski definition) is 4. The molecule has 0 aliphatic rings. The van der Waals surface area contributed by atoms with E-state index in [1.54, 1.807) is 0 Å². The molecule has 0 spiro atoms. The highest BCUT2D eigenvalue weighted by molar-refractivity contribution is 4.52. The molecule has 0 aromatic rings. The molecule has 0 bridgehead atoms. The minimum Gasteiger partial charge on any atom is -0.353 e. The zero-order chi connectivity index (χ0) is 14.2. The molecule has 0 fully saturated rings. The zero-order valence-electron chi connectivity index (χ0n) is 11.4. The van der Waals surface area contributed by atoms with Crippen molar-refractivity contribution in [2.24, 2.45) is 10.2 Å². The predicted molar refractivity (Wildman–Crippen MR) is 72.5 cm³/mol. The Morgan fingerprint density at radius 3 is 2.00 bits per heavy atom. The zero-order valence-corrected chi connectivity index (χ0v) is 11.4. The summed E-state index contributed by atoms with van der Waals surface area (Å²) in [7, 11) is 0. The average molecular weight is 270 g/mol. The molecule has 8 nitrogen and oxygen atoms in total. The molecule has 0 radical (unpaired) electrons. The molecule has 0 amide bonds. The third-order valence-electron chi connectivity index (χ3n) is 2.41. The number of rotatable bonds is 13. The van der Waals surface area contributed by atoms with Gasteiger partial charge in [0, 0.05) is 22.9 Å². The van der Waals surface area contributed by atoms with Crippen LogP contribution in [0.15, 0.2) is 10.2 Å². The van der Waals surface area contributed by atoms with E-state index in [9.17, 15) is 0 Å². The number of nitrogens with zero attached hydrogens (tertiary/aromatic N) is 6. The van der Waals surface area contributed by atoms with Crippen molar-refractivity contribution in [3.63, 3.8) is 0 Å². The van der Waals surface area contributed by atoms with E-state index in [1.165, 1.54) is 12.8 Å². The molecule has 0 rings (SSSR count). The smallest absolute Gasteiger partial charge is 0.157 e. The van der Waals surface area contributed by atoms with E-state index in [0.717, 1.165) is 19.3 Å². The van der Waals surface area contributed by atoms with Crippen molar-refractivity contribution in [2.75, 3.05) is 26.3 Å². The van der Waals surface area contributed by atoms with Gasteiger partial charge in [0.15, 0.2) is 6.29 Å². The first-order valence-corrected chi connectivity index (χ1v) is 6.60. The second-order valence-corrected chi connectivity index (χ2v) is 3.93. The molecule has 0 unspecified atom stereocenters. The Morgan fingerprint density at radius 2 is 1.53 bits per heavy atom.